The maximum absolute atomic E-state index is 10.7. The van der Waals surface area contributed by atoms with Gasteiger partial charge in [0.1, 0.15) is 6.04 Å². The Morgan fingerprint density at radius 1 is 1.58 bits per heavy atom. The summed E-state index contributed by atoms with van der Waals surface area (Å²) >= 11 is 0. The Labute approximate surface area is 73.1 Å². The number of carbonyl (C=O) groups is 1. The molecule has 0 heterocycles. The van der Waals surface area contributed by atoms with Gasteiger partial charge in [-0.25, -0.2) is 0 Å². The summed E-state index contributed by atoms with van der Waals surface area (Å²) < 4.78 is 0. The zero-order valence-corrected chi connectivity index (χ0v) is 7.92. The zero-order valence-electron chi connectivity index (χ0n) is 7.92. The highest BCUT2D eigenvalue weighted by Crippen LogP contribution is 2.18. The molecule has 4 heteroatoms. The monoisotopic (exact) mass is 174 g/mol. The smallest absolute Gasteiger partial charge is 0.321 e. The van der Waals surface area contributed by atoms with Crippen LogP contribution in [0.3, 0.4) is 0 Å². The molecule has 0 fully saturated rings. The van der Waals surface area contributed by atoms with E-state index in [4.69, 9.17) is 10.8 Å². The topological polar surface area (TPSA) is 75.3 Å². The highest BCUT2D eigenvalue weighted by Gasteiger charge is 2.29. The first-order valence-electron chi connectivity index (χ1n) is 4.06. The molecule has 0 bridgehead atoms. The maximum Gasteiger partial charge on any atom is 0.321 e. The number of nitrogens with two attached hydrogens (primary N) is 1. The van der Waals surface area contributed by atoms with Gasteiger partial charge in [0.2, 0.25) is 0 Å². The second-order valence-corrected chi connectivity index (χ2v) is 3.88. The third kappa shape index (κ3) is 3.69. The molecular formula is C8H18N2O2. The third-order valence-electron chi connectivity index (χ3n) is 1.61. The van der Waals surface area contributed by atoms with Crippen LogP contribution in [-0.4, -0.2) is 30.2 Å². The van der Waals surface area contributed by atoms with Crippen LogP contribution in [0.25, 0.3) is 0 Å². The van der Waals surface area contributed by atoms with Crippen molar-refractivity contribution in [1.29, 1.82) is 0 Å². The predicted molar refractivity (Wildman–Crippen MR) is 47.9 cm³/mol. The maximum atomic E-state index is 10.7. The molecule has 12 heavy (non-hydrogen) atoms. The van der Waals surface area contributed by atoms with E-state index in [1.165, 1.54) is 0 Å². The Morgan fingerprint density at radius 2 is 2.08 bits per heavy atom. The van der Waals surface area contributed by atoms with Gasteiger partial charge < -0.3 is 16.2 Å². The van der Waals surface area contributed by atoms with Crippen molar-refractivity contribution in [2.45, 2.75) is 26.8 Å². The molecule has 0 saturated heterocycles. The van der Waals surface area contributed by atoms with Crippen LogP contribution in [0.15, 0.2) is 0 Å². The highest BCUT2D eigenvalue weighted by molar-refractivity contribution is 5.74. The summed E-state index contributed by atoms with van der Waals surface area (Å²) in [5, 5.41) is 11.7. The molecule has 0 aromatic rings. The number of nitrogens with one attached hydrogen (secondary N) is 1. The van der Waals surface area contributed by atoms with Gasteiger partial charge in [-0.2, -0.15) is 0 Å². The fourth-order valence-electron chi connectivity index (χ4n) is 0.992. The lowest BCUT2D eigenvalue weighted by Gasteiger charge is -2.27. The predicted octanol–water partition coefficient (Wildman–Crippen LogP) is 0.0340. The SMILES string of the molecule is CC(C)(C)C(NCCN)C(=O)O. The van der Waals surface area contributed by atoms with E-state index in [1.54, 1.807) is 0 Å². The molecule has 0 spiro atoms. The van der Waals surface area contributed by atoms with Crippen LogP contribution in [-0.2, 0) is 4.79 Å². The Kier molecular flexibility index (Phi) is 4.20. The summed E-state index contributed by atoms with van der Waals surface area (Å²) in [6.45, 7) is 6.65. The fourth-order valence-corrected chi connectivity index (χ4v) is 0.992. The van der Waals surface area contributed by atoms with Gasteiger partial charge >= 0.3 is 5.97 Å². The van der Waals surface area contributed by atoms with E-state index in [0.717, 1.165) is 0 Å². The van der Waals surface area contributed by atoms with Crippen molar-refractivity contribution in [2.75, 3.05) is 13.1 Å². The van der Waals surface area contributed by atoms with Crippen LogP contribution in [0.4, 0.5) is 0 Å². The van der Waals surface area contributed by atoms with Crippen LogP contribution in [0.5, 0.6) is 0 Å². The molecule has 72 valence electrons. The van der Waals surface area contributed by atoms with Crippen LogP contribution >= 0.6 is 0 Å². The van der Waals surface area contributed by atoms with E-state index in [0.29, 0.717) is 13.1 Å². The van der Waals surface area contributed by atoms with Crippen molar-refractivity contribution in [3.8, 4) is 0 Å². The van der Waals surface area contributed by atoms with Gasteiger partial charge in [0, 0.05) is 13.1 Å². The van der Waals surface area contributed by atoms with Crippen LogP contribution in [0.2, 0.25) is 0 Å². The molecule has 1 unspecified atom stereocenters. The molecule has 4 N–H and O–H groups in total. The fraction of sp³-hybridized carbons (Fsp3) is 0.875. The van der Waals surface area contributed by atoms with E-state index in [1.807, 2.05) is 20.8 Å². The summed E-state index contributed by atoms with van der Waals surface area (Å²) in [6, 6.07) is -0.527. The van der Waals surface area contributed by atoms with Crippen molar-refractivity contribution < 1.29 is 9.90 Å². The van der Waals surface area contributed by atoms with E-state index in [9.17, 15) is 4.79 Å². The summed E-state index contributed by atoms with van der Waals surface area (Å²) in [4.78, 5) is 10.7. The number of aliphatic carboxylic acids is 1. The lowest BCUT2D eigenvalue weighted by Crippen LogP contribution is -2.47. The normalized spacial score (nSPS) is 14.3. The first kappa shape index (κ1) is 11.4. The van der Waals surface area contributed by atoms with Gasteiger partial charge in [0.15, 0.2) is 0 Å². The van der Waals surface area contributed by atoms with E-state index >= 15 is 0 Å². The molecule has 0 saturated carbocycles. The lowest BCUT2D eigenvalue weighted by atomic mass is 9.87. The quantitative estimate of drug-likeness (QED) is 0.562. The Bertz CT molecular complexity index is 152. The Balaban J connectivity index is 4.15. The number of hydrogen-bond donors (Lipinski definition) is 3. The van der Waals surface area contributed by atoms with Crippen molar-refractivity contribution >= 4 is 5.97 Å². The Morgan fingerprint density at radius 3 is 2.33 bits per heavy atom. The minimum Gasteiger partial charge on any atom is -0.480 e. The van der Waals surface area contributed by atoms with E-state index < -0.39 is 12.0 Å². The molecule has 0 amide bonds. The minimum atomic E-state index is -0.823. The Hall–Kier alpha value is -0.610. The van der Waals surface area contributed by atoms with Gasteiger partial charge in [0.25, 0.3) is 0 Å². The lowest BCUT2D eigenvalue weighted by molar-refractivity contribution is -0.142. The van der Waals surface area contributed by atoms with Crippen molar-refractivity contribution in [2.24, 2.45) is 11.1 Å². The largest absolute Gasteiger partial charge is 0.480 e. The van der Waals surface area contributed by atoms with E-state index in [2.05, 4.69) is 5.32 Å². The molecule has 0 aromatic heterocycles. The van der Waals surface area contributed by atoms with Crippen molar-refractivity contribution in [1.82, 2.24) is 5.32 Å². The molecular weight excluding hydrogens is 156 g/mol. The summed E-state index contributed by atoms with van der Waals surface area (Å²) in [5.74, 6) is -0.823. The molecule has 4 nitrogen and oxygen atoms in total. The summed E-state index contributed by atoms with van der Waals surface area (Å²) in [7, 11) is 0. The second-order valence-electron chi connectivity index (χ2n) is 3.88. The number of hydrogen-bond acceptors (Lipinski definition) is 3. The molecule has 0 aromatic carbocycles. The summed E-state index contributed by atoms with van der Waals surface area (Å²) in [5.41, 5.74) is 4.99. The second kappa shape index (κ2) is 4.42. The minimum absolute atomic E-state index is 0.277. The van der Waals surface area contributed by atoms with Gasteiger partial charge in [-0.05, 0) is 5.41 Å². The summed E-state index contributed by atoms with van der Waals surface area (Å²) in [6.07, 6.45) is 0. The van der Waals surface area contributed by atoms with Gasteiger partial charge in [-0.3, -0.25) is 4.79 Å². The average molecular weight is 174 g/mol. The number of rotatable bonds is 4. The van der Waals surface area contributed by atoms with Crippen molar-refractivity contribution in [3.05, 3.63) is 0 Å². The molecule has 0 rings (SSSR count). The molecule has 0 aliphatic rings. The standard InChI is InChI=1S/C8H18N2O2/c1-8(2,3)6(7(11)12)10-5-4-9/h6,10H,4-5,9H2,1-3H3,(H,11,12). The average Bonchev–Trinajstić information content (AvgIpc) is 1.84. The van der Waals surface area contributed by atoms with Crippen LogP contribution in [0, 0.1) is 5.41 Å². The van der Waals surface area contributed by atoms with E-state index in [-0.39, 0.29) is 5.41 Å². The van der Waals surface area contributed by atoms with Gasteiger partial charge in [-0.15, -0.1) is 0 Å². The molecule has 0 aliphatic carbocycles. The first-order valence-corrected chi connectivity index (χ1v) is 4.06. The van der Waals surface area contributed by atoms with Gasteiger partial charge in [-0.1, -0.05) is 20.8 Å². The molecule has 1 atom stereocenters. The van der Waals surface area contributed by atoms with Crippen LogP contribution < -0.4 is 11.1 Å². The molecule has 0 aliphatic heterocycles. The number of carboxylic acid groups (broad SMARTS) is 1. The number of carboxylic acids is 1. The van der Waals surface area contributed by atoms with Crippen molar-refractivity contribution in [3.63, 3.8) is 0 Å². The zero-order chi connectivity index (χ0) is 9.78. The van der Waals surface area contributed by atoms with Crippen LogP contribution in [0.1, 0.15) is 20.8 Å². The third-order valence-corrected chi connectivity index (χ3v) is 1.61. The highest BCUT2D eigenvalue weighted by atomic mass is 16.4. The molecule has 0 radical (unpaired) electrons. The van der Waals surface area contributed by atoms with Gasteiger partial charge in [0.05, 0.1) is 0 Å². The first-order chi connectivity index (χ1) is 5.39.